The zero-order valence-electron chi connectivity index (χ0n) is 20.1. The number of nitrogens with one attached hydrogen (secondary N) is 1. The molecule has 0 unspecified atom stereocenters. The first-order valence-electron chi connectivity index (χ1n) is 11.6. The second-order valence-electron chi connectivity index (χ2n) is 8.76. The molecule has 0 atom stereocenters. The Bertz CT molecular complexity index is 1550. The van der Waals surface area contributed by atoms with Crippen LogP contribution in [0.1, 0.15) is 23.6 Å². The number of ether oxygens (including phenoxy) is 1. The minimum atomic E-state index is -0.147. The van der Waals surface area contributed by atoms with Crippen molar-refractivity contribution in [1.29, 1.82) is 0 Å². The van der Waals surface area contributed by atoms with Crippen molar-refractivity contribution in [3.05, 3.63) is 108 Å². The number of benzene rings is 4. The molecule has 0 saturated heterocycles. The Morgan fingerprint density at radius 1 is 0.943 bits per heavy atom. The quantitative estimate of drug-likeness (QED) is 0.270. The molecule has 4 heteroatoms. The first-order valence-corrected chi connectivity index (χ1v) is 11.6. The highest BCUT2D eigenvalue weighted by molar-refractivity contribution is 6.06. The molecule has 0 spiro atoms. The minimum absolute atomic E-state index is 0.147. The van der Waals surface area contributed by atoms with Crippen molar-refractivity contribution < 1.29 is 13.9 Å². The Morgan fingerprint density at radius 2 is 1.71 bits per heavy atom. The van der Waals surface area contributed by atoms with Gasteiger partial charge in [-0.25, -0.2) is 0 Å². The number of fused-ring (bicyclic) bond motifs is 2. The Labute approximate surface area is 204 Å². The fraction of sp³-hybridized carbons (Fsp3) is 0.129. The number of hydrogen-bond acceptors (Lipinski definition) is 3. The molecule has 1 amide bonds. The summed E-state index contributed by atoms with van der Waals surface area (Å²) >= 11 is 0. The van der Waals surface area contributed by atoms with Gasteiger partial charge in [-0.1, -0.05) is 72.3 Å². The third kappa shape index (κ3) is 4.56. The summed E-state index contributed by atoms with van der Waals surface area (Å²) in [7, 11) is 1.63. The molecule has 0 radical (unpaired) electrons. The van der Waals surface area contributed by atoms with Gasteiger partial charge in [0.15, 0.2) is 0 Å². The summed E-state index contributed by atoms with van der Waals surface area (Å²) < 4.78 is 11.6. The van der Waals surface area contributed by atoms with E-state index in [1.165, 1.54) is 10.9 Å². The van der Waals surface area contributed by atoms with Crippen LogP contribution in [0.4, 0.5) is 0 Å². The minimum Gasteiger partial charge on any atom is -0.496 e. The van der Waals surface area contributed by atoms with E-state index in [4.69, 9.17) is 9.15 Å². The standard InChI is InChI=1S/C31H27NO3/c1-20-11-13-22(14-12-20)18-32-31(33)15-21(2)26-16-27-28(19-35-30(27)17-29(26)34-3)25-10-6-8-23-7-4-5-9-24(23)25/h4-17,19H,18H2,1-3H3,(H,32,33)/b21-15+. The molecule has 5 aromatic rings. The monoisotopic (exact) mass is 461 g/mol. The maximum atomic E-state index is 12.7. The lowest BCUT2D eigenvalue weighted by Gasteiger charge is -2.11. The van der Waals surface area contributed by atoms with Gasteiger partial charge < -0.3 is 14.5 Å². The lowest BCUT2D eigenvalue weighted by molar-refractivity contribution is -0.116. The van der Waals surface area contributed by atoms with Crippen LogP contribution in [-0.2, 0) is 11.3 Å². The van der Waals surface area contributed by atoms with Crippen molar-refractivity contribution in [3.63, 3.8) is 0 Å². The number of allylic oxidation sites excluding steroid dienone is 1. The molecule has 0 aliphatic carbocycles. The predicted octanol–water partition coefficient (Wildman–Crippen LogP) is 7.29. The smallest absolute Gasteiger partial charge is 0.244 e. The van der Waals surface area contributed by atoms with Crippen LogP contribution in [0.25, 0.3) is 38.4 Å². The van der Waals surface area contributed by atoms with Gasteiger partial charge >= 0.3 is 0 Å². The van der Waals surface area contributed by atoms with Crippen LogP contribution in [0.5, 0.6) is 5.75 Å². The molecule has 0 saturated carbocycles. The summed E-state index contributed by atoms with van der Waals surface area (Å²) in [5.41, 5.74) is 6.79. The molecule has 1 heterocycles. The Hall–Kier alpha value is -4.31. The van der Waals surface area contributed by atoms with Gasteiger partial charge in [-0.3, -0.25) is 4.79 Å². The Balaban J connectivity index is 1.49. The van der Waals surface area contributed by atoms with Crippen LogP contribution < -0.4 is 10.1 Å². The largest absolute Gasteiger partial charge is 0.496 e. The SMILES string of the molecule is COc1cc2occ(-c3cccc4ccccc34)c2cc1/C(C)=C/C(=O)NCc1ccc(C)cc1. The zero-order chi connectivity index (χ0) is 24.4. The van der Waals surface area contributed by atoms with Gasteiger partial charge in [0.1, 0.15) is 11.3 Å². The summed E-state index contributed by atoms with van der Waals surface area (Å²) in [6, 6.07) is 26.7. The Kier molecular flexibility index (Phi) is 6.11. The van der Waals surface area contributed by atoms with E-state index in [0.29, 0.717) is 12.3 Å². The van der Waals surface area contributed by atoms with E-state index in [1.54, 1.807) is 19.4 Å². The first kappa shape index (κ1) is 22.5. The number of rotatable bonds is 6. The van der Waals surface area contributed by atoms with Crippen molar-refractivity contribution in [2.24, 2.45) is 0 Å². The normalized spacial score (nSPS) is 11.7. The Morgan fingerprint density at radius 3 is 2.51 bits per heavy atom. The van der Waals surface area contributed by atoms with Crippen LogP contribution in [0, 0.1) is 6.92 Å². The van der Waals surface area contributed by atoms with Gasteiger partial charge in [0.25, 0.3) is 0 Å². The van der Waals surface area contributed by atoms with Crippen molar-refractivity contribution >= 4 is 33.2 Å². The molecule has 0 aliphatic heterocycles. The molecule has 1 aromatic heterocycles. The third-order valence-corrected chi connectivity index (χ3v) is 6.34. The third-order valence-electron chi connectivity index (χ3n) is 6.34. The molecule has 5 rings (SSSR count). The van der Waals surface area contributed by atoms with Crippen molar-refractivity contribution in [3.8, 4) is 16.9 Å². The van der Waals surface area contributed by atoms with Crippen LogP contribution in [0.15, 0.2) is 95.6 Å². The van der Waals surface area contributed by atoms with Crippen molar-refractivity contribution in [2.75, 3.05) is 7.11 Å². The summed E-state index contributed by atoms with van der Waals surface area (Å²) in [5, 5.41) is 6.29. The highest BCUT2D eigenvalue weighted by Gasteiger charge is 2.16. The van der Waals surface area contributed by atoms with E-state index >= 15 is 0 Å². The average molecular weight is 462 g/mol. The number of furan rings is 1. The van der Waals surface area contributed by atoms with E-state index in [9.17, 15) is 4.79 Å². The number of aryl methyl sites for hydroxylation is 1. The van der Waals surface area contributed by atoms with Crippen LogP contribution >= 0.6 is 0 Å². The van der Waals surface area contributed by atoms with Crippen molar-refractivity contribution in [1.82, 2.24) is 5.32 Å². The number of methoxy groups -OCH3 is 1. The van der Waals surface area contributed by atoms with Gasteiger partial charge in [-0.2, -0.15) is 0 Å². The van der Waals surface area contributed by atoms with Gasteiger partial charge in [-0.05, 0) is 47.4 Å². The van der Waals surface area contributed by atoms with Crippen molar-refractivity contribution in [2.45, 2.75) is 20.4 Å². The fourth-order valence-corrected chi connectivity index (χ4v) is 4.42. The number of carbonyl (C=O) groups excluding carboxylic acids is 1. The van der Waals surface area contributed by atoms with Gasteiger partial charge in [-0.15, -0.1) is 0 Å². The summed E-state index contributed by atoms with van der Waals surface area (Å²) in [6.07, 6.45) is 3.42. The molecular weight excluding hydrogens is 434 g/mol. The van der Waals surface area contributed by atoms with E-state index in [-0.39, 0.29) is 5.91 Å². The lowest BCUT2D eigenvalue weighted by Crippen LogP contribution is -2.20. The van der Waals surface area contributed by atoms with Crippen LogP contribution in [-0.4, -0.2) is 13.0 Å². The molecule has 0 aliphatic rings. The molecular formula is C31H27NO3. The number of amides is 1. The fourth-order valence-electron chi connectivity index (χ4n) is 4.42. The highest BCUT2D eigenvalue weighted by Crippen LogP contribution is 2.39. The van der Waals surface area contributed by atoms with Crippen LogP contribution in [0.2, 0.25) is 0 Å². The second-order valence-corrected chi connectivity index (χ2v) is 8.76. The molecule has 4 aromatic carbocycles. The number of carbonyl (C=O) groups is 1. The van der Waals surface area contributed by atoms with E-state index in [0.717, 1.165) is 44.2 Å². The lowest BCUT2D eigenvalue weighted by atomic mass is 9.96. The van der Waals surface area contributed by atoms with Crippen LogP contribution in [0.3, 0.4) is 0 Å². The maximum Gasteiger partial charge on any atom is 0.244 e. The summed E-state index contributed by atoms with van der Waals surface area (Å²) in [6.45, 7) is 4.45. The first-order chi connectivity index (χ1) is 17.0. The van der Waals surface area contributed by atoms with Gasteiger partial charge in [0.05, 0.1) is 13.4 Å². The van der Waals surface area contributed by atoms with E-state index < -0.39 is 0 Å². The zero-order valence-corrected chi connectivity index (χ0v) is 20.1. The maximum absolute atomic E-state index is 12.7. The summed E-state index contributed by atoms with van der Waals surface area (Å²) in [4.78, 5) is 12.7. The molecule has 0 fully saturated rings. The van der Waals surface area contributed by atoms with E-state index in [2.05, 4.69) is 35.6 Å². The number of hydrogen-bond donors (Lipinski definition) is 1. The van der Waals surface area contributed by atoms with Gasteiger partial charge in [0.2, 0.25) is 5.91 Å². The van der Waals surface area contributed by atoms with Gasteiger partial charge in [0, 0.05) is 35.2 Å². The highest BCUT2D eigenvalue weighted by atomic mass is 16.5. The molecule has 1 N–H and O–H groups in total. The molecule has 35 heavy (non-hydrogen) atoms. The second kappa shape index (κ2) is 9.51. The molecule has 4 nitrogen and oxygen atoms in total. The average Bonchev–Trinajstić information content (AvgIpc) is 3.30. The topological polar surface area (TPSA) is 51.5 Å². The van der Waals surface area contributed by atoms with E-state index in [1.807, 2.05) is 62.4 Å². The molecule has 174 valence electrons. The predicted molar refractivity (Wildman–Crippen MR) is 142 cm³/mol. The summed E-state index contributed by atoms with van der Waals surface area (Å²) in [5.74, 6) is 0.517. The molecule has 0 bridgehead atoms.